The first-order valence-corrected chi connectivity index (χ1v) is 8.06. The molecule has 2 rings (SSSR count). The third-order valence-corrected chi connectivity index (χ3v) is 4.46. The van der Waals surface area contributed by atoms with Crippen molar-refractivity contribution in [1.82, 2.24) is 15.1 Å². The van der Waals surface area contributed by atoms with Crippen molar-refractivity contribution in [1.29, 1.82) is 0 Å². The van der Waals surface area contributed by atoms with Crippen LogP contribution in [0, 0.1) is 0 Å². The van der Waals surface area contributed by atoms with Gasteiger partial charge in [-0.05, 0) is 52.0 Å². The summed E-state index contributed by atoms with van der Waals surface area (Å²) in [6.07, 6.45) is 4.37. The fourth-order valence-corrected chi connectivity index (χ4v) is 3.45. The highest BCUT2D eigenvalue weighted by Gasteiger charge is 2.45. The van der Waals surface area contributed by atoms with Crippen LogP contribution >= 0.6 is 0 Å². The zero-order valence-electron chi connectivity index (χ0n) is 13.6. The largest absolute Gasteiger partial charge is 0.368 e. The van der Waals surface area contributed by atoms with Crippen molar-refractivity contribution in [2.45, 2.75) is 77.4 Å². The fourth-order valence-electron chi connectivity index (χ4n) is 3.45. The molecule has 1 heterocycles. The van der Waals surface area contributed by atoms with Gasteiger partial charge in [-0.2, -0.15) is 5.10 Å². The summed E-state index contributed by atoms with van der Waals surface area (Å²) in [5.74, 6) is -0.236. The normalized spacial score (nSPS) is 25.7. The molecule has 0 spiro atoms. The summed E-state index contributed by atoms with van der Waals surface area (Å²) in [6.45, 7) is 8.38. The van der Waals surface area contributed by atoms with Crippen molar-refractivity contribution in [2.75, 3.05) is 0 Å². The van der Waals surface area contributed by atoms with Gasteiger partial charge in [-0.25, -0.2) is 0 Å². The molecule has 21 heavy (non-hydrogen) atoms. The van der Waals surface area contributed by atoms with Gasteiger partial charge in [0, 0.05) is 11.7 Å². The molecule has 0 aromatic carbocycles. The van der Waals surface area contributed by atoms with Crippen LogP contribution in [0.15, 0.2) is 6.07 Å². The van der Waals surface area contributed by atoms with Crippen LogP contribution in [0.5, 0.6) is 0 Å². The molecular weight excluding hydrogens is 264 g/mol. The number of primary amides is 1. The van der Waals surface area contributed by atoms with E-state index in [1.807, 2.05) is 0 Å². The quantitative estimate of drug-likeness (QED) is 0.841. The van der Waals surface area contributed by atoms with Crippen LogP contribution in [-0.2, 0) is 17.6 Å². The average molecular weight is 292 g/mol. The highest BCUT2D eigenvalue weighted by Crippen LogP contribution is 2.38. The fraction of sp³-hybridized carbons (Fsp3) is 0.750. The van der Waals surface area contributed by atoms with E-state index in [4.69, 9.17) is 10.8 Å². The average Bonchev–Trinajstić information content (AvgIpc) is 3.02. The molecule has 0 bridgehead atoms. The van der Waals surface area contributed by atoms with Gasteiger partial charge in [-0.3, -0.25) is 9.48 Å². The van der Waals surface area contributed by atoms with Gasteiger partial charge < -0.3 is 11.1 Å². The van der Waals surface area contributed by atoms with Crippen molar-refractivity contribution in [3.8, 4) is 0 Å². The van der Waals surface area contributed by atoms with Gasteiger partial charge in [0.05, 0.1) is 17.3 Å². The van der Waals surface area contributed by atoms with Gasteiger partial charge in [0.1, 0.15) is 0 Å². The Kier molecular flexibility index (Phi) is 4.71. The molecule has 0 aliphatic heterocycles. The zero-order valence-corrected chi connectivity index (χ0v) is 13.6. The van der Waals surface area contributed by atoms with E-state index in [2.05, 4.69) is 43.8 Å². The molecule has 1 aromatic heterocycles. The molecular formula is C16H28N4O. The third-order valence-electron chi connectivity index (χ3n) is 4.46. The molecule has 2 atom stereocenters. The van der Waals surface area contributed by atoms with E-state index >= 15 is 0 Å². The molecule has 2 unspecified atom stereocenters. The molecule has 1 aliphatic carbocycles. The smallest absolute Gasteiger partial charge is 0.237 e. The molecule has 1 fully saturated rings. The summed E-state index contributed by atoms with van der Waals surface area (Å²) in [7, 11) is 0. The van der Waals surface area contributed by atoms with Crippen molar-refractivity contribution in [3.05, 3.63) is 17.5 Å². The Balaban J connectivity index is 2.24. The van der Waals surface area contributed by atoms with E-state index in [0.29, 0.717) is 0 Å². The van der Waals surface area contributed by atoms with E-state index < -0.39 is 5.54 Å². The van der Waals surface area contributed by atoms with Crippen molar-refractivity contribution < 1.29 is 4.79 Å². The van der Waals surface area contributed by atoms with Crippen LogP contribution < -0.4 is 11.1 Å². The van der Waals surface area contributed by atoms with Crippen LogP contribution in [-0.4, -0.2) is 27.3 Å². The van der Waals surface area contributed by atoms with Gasteiger partial charge in [0.2, 0.25) is 5.91 Å². The first-order chi connectivity index (χ1) is 9.91. The molecule has 5 heteroatoms. The summed E-state index contributed by atoms with van der Waals surface area (Å²) in [4.78, 5) is 12.0. The number of nitrogens with zero attached hydrogens (tertiary/aromatic N) is 2. The number of nitrogens with one attached hydrogen (secondary N) is 1. The van der Waals surface area contributed by atoms with Crippen molar-refractivity contribution in [2.24, 2.45) is 5.73 Å². The van der Waals surface area contributed by atoms with E-state index in [0.717, 1.165) is 37.8 Å². The lowest BCUT2D eigenvalue weighted by Gasteiger charge is -2.29. The van der Waals surface area contributed by atoms with Gasteiger partial charge in [-0.1, -0.05) is 13.8 Å². The molecule has 5 nitrogen and oxygen atoms in total. The molecule has 118 valence electrons. The summed E-state index contributed by atoms with van der Waals surface area (Å²) < 4.78 is 2.13. The van der Waals surface area contributed by atoms with Gasteiger partial charge in [0.25, 0.3) is 0 Å². The minimum absolute atomic E-state index is 0.236. The van der Waals surface area contributed by atoms with E-state index in [1.165, 1.54) is 5.69 Å². The number of amides is 1. The van der Waals surface area contributed by atoms with Crippen molar-refractivity contribution in [3.63, 3.8) is 0 Å². The molecule has 0 radical (unpaired) electrons. The Morgan fingerprint density at radius 2 is 2.24 bits per heavy atom. The second-order valence-electron chi connectivity index (χ2n) is 6.42. The molecule has 0 saturated heterocycles. The lowest BCUT2D eigenvalue weighted by Crippen LogP contribution is -2.56. The molecule has 1 saturated carbocycles. The minimum atomic E-state index is -0.581. The molecule has 1 aliphatic rings. The molecule has 1 amide bonds. The lowest BCUT2D eigenvalue weighted by atomic mass is 9.95. The van der Waals surface area contributed by atoms with Gasteiger partial charge >= 0.3 is 0 Å². The maximum Gasteiger partial charge on any atom is 0.237 e. The Labute approximate surface area is 127 Å². The minimum Gasteiger partial charge on any atom is -0.368 e. The van der Waals surface area contributed by atoms with Crippen LogP contribution in [0.2, 0.25) is 0 Å². The SMILES string of the molecule is CCc1cc(CC)n(C2CCC(NC(C)C)(C(N)=O)C2)n1. The van der Waals surface area contributed by atoms with Crippen LogP contribution in [0.3, 0.4) is 0 Å². The lowest BCUT2D eigenvalue weighted by molar-refractivity contribution is -0.124. The van der Waals surface area contributed by atoms with Crippen molar-refractivity contribution >= 4 is 5.91 Å². The standard InChI is InChI=1S/C16H28N4O/c1-5-12-9-13(6-2)20(19-12)14-7-8-16(10-14,15(17)21)18-11(3)4/h9,11,14,18H,5-8,10H2,1-4H3,(H2,17,21). The summed E-state index contributed by atoms with van der Waals surface area (Å²) in [5.41, 5.74) is 7.49. The van der Waals surface area contributed by atoms with Crippen LogP contribution in [0.4, 0.5) is 0 Å². The predicted octanol–water partition coefficient (Wildman–Crippen LogP) is 1.95. The summed E-state index contributed by atoms with van der Waals surface area (Å²) in [6, 6.07) is 2.69. The van der Waals surface area contributed by atoms with Gasteiger partial charge in [0.15, 0.2) is 0 Å². The van der Waals surface area contributed by atoms with Gasteiger partial charge in [-0.15, -0.1) is 0 Å². The van der Waals surface area contributed by atoms with Crippen LogP contribution in [0.25, 0.3) is 0 Å². The predicted molar refractivity (Wildman–Crippen MR) is 84.1 cm³/mol. The number of aryl methyl sites for hydroxylation is 2. The summed E-state index contributed by atoms with van der Waals surface area (Å²) in [5, 5.41) is 8.12. The number of carbonyl (C=O) groups is 1. The topological polar surface area (TPSA) is 72.9 Å². The number of nitrogens with two attached hydrogens (primary N) is 1. The third kappa shape index (κ3) is 3.12. The maximum atomic E-state index is 12.0. The Bertz CT molecular complexity index is 508. The molecule has 3 N–H and O–H groups in total. The first-order valence-electron chi connectivity index (χ1n) is 8.06. The Hall–Kier alpha value is -1.36. The summed E-state index contributed by atoms with van der Waals surface area (Å²) >= 11 is 0. The van der Waals surface area contributed by atoms with Crippen LogP contribution in [0.1, 0.15) is 64.4 Å². The highest BCUT2D eigenvalue weighted by molar-refractivity contribution is 5.85. The zero-order chi connectivity index (χ0) is 15.6. The number of carbonyl (C=O) groups excluding carboxylic acids is 1. The molecule has 1 aromatic rings. The number of aromatic nitrogens is 2. The van der Waals surface area contributed by atoms with E-state index in [1.54, 1.807) is 0 Å². The monoisotopic (exact) mass is 292 g/mol. The second-order valence-corrected chi connectivity index (χ2v) is 6.42. The second kappa shape index (κ2) is 6.18. The first kappa shape index (κ1) is 16.0. The van der Waals surface area contributed by atoms with E-state index in [-0.39, 0.29) is 18.0 Å². The highest BCUT2D eigenvalue weighted by atomic mass is 16.1. The maximum absolute atomic E-state index is 12.0. The Morgan fingerprint density at radius 1 is 1.52 bits per heavy atom. The van der Waals surface area contributed by atoms with E-state index in [9.17, 15) is 4.79 Å². The number of rotatable bonds is 6. The Morgan fingerprint density at radius 3 is 2.76 bits per heavy atom. The number of hydrogen-bond donors (Lipinski definition) is 2. The number of hydrogen-bond acceptors (Lipinski definition) is 3.